The highest BCUT2D eigenvalue weighted by Crippen LogP contribution is 2.18. The molecule has 2 atom stereocenters. The predicted molar refractivity (Wildman–Crippen MR) is 114 cm³/mol. The predicted octanol–water partition coefficient (Wildman–Crippen LogP) is 1.65. The average Bonchev–Trinajstić information content (AvgIpc) is 2.87. The Kier molecular flexibility index (Phi) is 9.15. The van der Waals surface area contributed by atoms with E-state index >= 15 is 0 Å². The highest BCUT2D eigenvalue weighted by atomic mass is 127. The molecule has 1 heterocycles. The van der Waals surface area contributed by atoms with Crippen LogP contribution in [0.2, 0.25) is 0 Å². The lowest BCUT2D eigenvalue weighted by atomic mass is 10.1. The molecule has 1 aromatic rings. The lowest BCUT2D eigenvalue weighted by Gasteiger charge is -2.24. The van der Waals surface area contributed by atoms with E-state index in [4.69, 9.17) is 0 Å². The van der Waals surface area contributed by atoms with Crippen molar-refractivity contribution in [3.8, 4) is 0 Å². The van der Waals surface area contributed by atoms with Crippen molar-refractivity contribution in [2.75, 3.05) is 38.7 Å². The maximum atomic E-state index is 11.6. The highest BCUT2D eigenvalue weighted by molar-refractivity contribution is 14.0. The van der Waals surface area contributed by atoms with Gasteiger partial charge in [-0.25, -0.2) is 8.42 Å². The van der Waals surface area contributed by atoms with Crippen molar-refractivity contribution in [3.63, 3.8) is 0 Å². The number of aliphatic imine (C=N–C) groups is 1. The van der Waals surface area contributed by atoms with Crippen molar-refractivity contribution in [2.45, 2.75) is 25.4 Å². The smallest absolute Gasteiger partial charge is 0.191 e. The first-order valence-corrected chi connectivity index (χ1v) is 10.2. The molecule has 0 aromatic heterocycles. The standard InChI is InChI=1S/C17H28N4O2S.HI/c1-4-18-17(20-15-10-11-24(22,23)13-15)19-12-16(21(2)3)14-8-6-5-7-9-14;/h5-9,15-16H,4,10-13H2,1-3H3,(H2,18,19,20);1H. The molecule has 8 heteroatoms. The van der Waals surface area contributed by atoms with Crippen molar-refractivity contribution in [1.29, 1.82) is 0 Å². The van der Waals surface area contributed by atoms with E-state index in [1.54, 1.807) is 0 Å². The lowest BCUT2D eigenvalue weighted by molar-refractivity contribution is 0.306. The molecule has 0 radical (unpaired) electrons. The summed E-state index contributed by atoms with van der Waals surface area (Å²) < 4.78 is 23.2. The largest absolute Gasteiger partial charge is 0.357 e. The van der Waals surface area contributed by atoms with E-state index in [1.165, 1.54) is 5.56 Å². The number of hydrogen-bond acceptors (Lipinski definition) is 4. The van der Waals surface area contributed by atoms with E-state index in [2.05, 4.69) is 32.7 Å². The Balaban J connectivity index is 0.00000312. The van der Waals surface area contributed by atoms with Crippen LogP contribution in [-0.4, -0.2) is 64.0 Å². The monoisotopic (exact) mass is 480 g/mol. The number of nitrogens with one attached hydrogen (secondary N) is 2. The maximum absolute atomic E-state index is 11.6. The molecular formula is C17H29IN4O2S. The minimum Gasteiger partial charge on any atom is -0.357 e. The summed E-state index contributed by atoms with van der Waals surface area (Å²) in [6.07, 6.45) is 0.641. The summed E-state index contributed by atoms with van der Waals surface area (Å²) in [7, 11) is 1.18. The van der Waals surface area contributed by atoms with Crippen LogP contribution in [0, 0.1) is 0 Å². The van der Waals surface area contributed by atoms with Crippen molar-refractivity contribution < 1.29 is 8.42 Å². The van der Waals surface area contributed by atoms with Gasteiger partial charge in [-0.3, -0.25) is 4.99 Å². The number of rotatable bonds is 6. The first kappa shape index (κ1) is 22.2. The zero-order chi connectivity index (χ0) is 17.6. The van der Waals surface area contributed by atoms with E-state index in [0.29, 0.717) is 18.9 Å². The van der Waals surface area contributed by atoms with Crippen LogP contribution in [0.3, 0.4) is 0 Å². The van der Waals surface area contributed by atoms with Gasteiger partial charge in [-0.2, -0.15) is 0 Å². The number of sulfone groups is 1. The van der Waals surface area contributed by atoms with Gasteiger partial charge in [0.15, 0.2) is 15.8 Å². The topological polar surface area (TPSA) is 73.8 Å². The first-order chi connectivity index (χ1) is 11.4. The van der Waals surface area contributed by atoms with Gasteiger partial charge < -0.3 is 15.5 Å². The summed E-state index contributed by atoms with van der Waals surface area (Å²) in [4.78, 5) is 6.82. The van der Waals surface area contributed by atoms with Gasteiger partial charge in [-0.15, -0.1) is 24.0 Å². The molecule has 25 heavy (non-hydrogen) atoms. The van der Waals surface area contributed by atoms with E-state index in [0.717, 1.165) is 6.54 Å². The molecule has 0 amide bonds. The average molecular weight is 480 g/mol. The van der Waals surface area contributed by atoms with Crippen LogP contribution < -0.4 is 10.6 Å². The molecule has 142 valence electrons. The number of guanidine groups is 1. The van der Waals surface area contributed by atoms with E-state index < -0.39 is 9.84 Å². The highest BCUT2D eigenvalue weighted by Gasteiger charge is 2.28. The third-order valence-electron chi connectivity index (χ3n) is 4.15. The molecule has 2 unspecified atom stereocenters. The fourth-order valence-electron chi connectivity index (χ4n) is 2.84. The zero-order valence-corrected chi connectivity index (χ0v) is 18.3. The molecule has 2 N–H and O–H groups in total. The SMILES string of the molecule is CCNC(=NCC(c1ccccc1)N(C)C)NC1CCS(=O)(=O)C1.I. The molecule has 1 aromatic carbocycles. The number of nitrogens with zero attached hydrogens (tertiary/aromatic N) is 2. The van der Waals surface area contributed by atoms with Gasteiger partial charge in [0.1, 0.15) is 0 Å². The maximum Gasteiger partial charge on any atom is 0.191 e. The number of benzene rings is 1. The molecule has 2 rings (SSSR count). The van der Waals surface area contributed by atoms with E-state index in [-0.39, 0.29) is 47.6 Å². The quantitative estimate of drug-likeness (QED) is 0.368. The Morgan fingerprint density at radius 1 is 1.32 bits per heavy atom. The molecule has 0 aliphatic carbocycles. The normalized spacial score (nSPS) is 20.8. The summed E-state index contributed by atoms with van der Waals surface area (Å²) in [6, 6.07) is 10.4. The number of likely N-dealkylation sites (N-methyl/N-ethyl adjacent to an activating group) is 1. The zero-order valence-electron chi connectivity index (χ0n) is 15.1. The Morgan fingerprint density at radius 3 is 2.52 bits per heavy atom. The second-order valence-corrected chi connectivity index (χ2v) is 8.58. The minimum atomic E-state index is -2.90. The van der Waals surface area contributed by atoms with Crippen LogP contribution in [-0.2, 0) is 9.84 Å². The molecule has 0 spiro atoms. The fraction of sp³-hybridized carbons (Fsp3) is 0.588. The number of hydrogen-bond donors (Lipinski definition) is 2. The van der Waals surface area contributed by atoms with Gasteiger partial charge in [-0.1, -0.05) is 30.3 Å². The summed E-state index contributed by atoms with van der Waals surface area (Å²) in [5.74, 6) is 1.13. The molecule has 1 fully saturated rings. The second-order valence-electron chi connectivity index (χ2n) is 6.35. The van der Waals surface area contributed by atoms with Crippen molar-refractivity contribution in [3.05, 3.63) is 35.9 Å². The van der Waals surface area contributed by atoms with Gasteiger partial charge in [0.25, 0.3) is 0 Å². The summed E-state index contributed by atoms with van der Waals surface area (Å²) in [5.41, 5.74) is 1.21. The van der Waals surface area contributed by atoms with Crippen LogP contribution in [0.15, 0.2) is 35.3 Å². The van der Waals surface area contributed by atoms with Crippen LogP contribution in [0.25, 0.3) is 0 Å². The number of halogens is 1. The van der Waals surface area contributed by atoms with Crippen LogP contribution in [0.4, 0.5) is 0 Å². The minimum absolute atomic E-state index is 0. The van der Waals surface area contributed by atoms with Gasteiger partial charge in [0.2, 0.25) is 0 Å². The summed E-state index contributed by atoms with van der Waals surface area (Å²) >= 11 is 0. The van der Waals surface area contributed by atoms with Crippen molar-refractivity contribution in [2.24, 2.45) is 4.99 Å². The lowest BCUT2D eigenvalue weighted by Crippen LogP contribution is -2.44. The molecule has 1 aliphatic heterocycles. The van der Waals surface area contributed by atoms with Crippen LogP contribution in [0.1, 0.15) is 24.9 Å². The van der Waals surface area contributed by atoms with Gasteiger partial charge in [0, 0.05) is 12.6 Å². The van der Waals surface area contributed by atoms with Gasteiger partial charge in [0.05, 0.1) is 24.1 Å². The van der Waals surface area contributed by atoms with Crippen LogP contribution >= 0.6 is 24.0 Å². The van der Waals surface area contributed by atoms with Crippen LogP contribution in [0.5, 0.6) is 0 Å². The van der Waals surface area contributed by atoms with E-state index in [1.807, 2.05) is 39.2 Å². The Hall–Kier alpha value is -0.870. The van der Waals surface area contributed by atoms with Gasteiger partial charge >= 0.3 is 0 Å². The molecule has 1 saturated heterocycles. The first-order valence-electron chi connectivity index (χ1n) is 8.38. The van der Waals surface area contributed by atoms with E-state index in [9.17, 15) is 8.42 Å². The molecule has 0 bridgehead atoms. The second kappa shape index (κ2) is 10.3. The molecule has 1 aliphatic rings. The Bertz CT molecular complexity index is 650. The Morgan fingerprint density at radius 2 is 2.00 bits per heavy atom. The molecular weight excluding hydrogens is 451 g/mol. The summed E-state index contributed by atoms with van der Waals surface area (Å²) in [5, 5.41) is 6.47. The fourth-order valence-corrected chi connectivity index (χ4v) is 4.52. The molecule has 0 saturated carbocycles. The Labute approximate surface area is 168 Å². The third kappa shape index (κ3) is 7.10. The molecule has 6 nitrogen and oxygen atoms in total. The van der Waals surface area contributed by atoms with Crippen molar-refractivity contribution >= 4 is 39.8 Å². The third-order valence-corrected chi connectivity index (χ3v) is 5.92. The van der Waals surface area contributed by atoms with Gasteiger partial charge in [-0.05, 0) is 33.0 Å². The summed E-state index contributed by atoms with van der Waals surface area (Å²) in [6.45, 7) is 3.35. The van der Waals surface area contributed by atoms with Crippen molar-refractivity contribution in [1.82, 2.24) is 15.5 Å².